The first-order valence-corrected chi connectivity index (χ1v) is 10.8. The van der Waals surface area contributed by atoms with E-state index in [9.17, 15) is 8.42 Å². The van der Waals surface area contributed by atoms with Crippen molar-refractivity contribution >= 4 is 32.3 Å². The standard InChI is InChI=1S/C20H25N3O3S/c1-4-5-12-23-18-13-16(26-2)10-11-17(18)19(21)20(23)14-6-8-15(9-7-14)22-27(3,24)25/h6-11,13,22H,4-5,12,21H2,1-3H3. The molecule has 0 atom stereocenters. The summed E-state index contributed by atoms with van der Waals surface area (Å²) in [6.45, 7) is 3.00. The number of anilines is 2. The second kappa shape index (κ2) is 7.52. The second-order valence-electron chi connectivity index (χ2n) is 6.60. The van der Waals surface area contributed by atoms with Crippen molar-refractivity contribution in [3.63, 3.8) is 0 Å². The molecule has 0 radical (unpaired) electrons. The molecule has 0 amide bonds. The highest BCUT2D eigenvalue weighted by Crippen LogP contribution is 2.38. The van der Waals surface area contributed by atoms with E-state index in [2.05, 4.69) is 16.2 Å². The highest BCUT2D eigenvalue weighted by molar-refractivity contribution is 7.92. The van der Waals surface area contributed by atoms with Gasteiger partial charge in [-0.15, -0.1) is 0 Å². The predicted octanol–water partition coefficient (Wildman–Crippen LogP) is 4.07. The third-order valence-corrected chi connectivity index (χ3v) is 5.11. The number of rotatable bonds is 7. The molecule has 7 heteroatoms. The minimum Gasteiger partial charge on any atom is -0.497 e. The molecule has 0 fully saturated rings. The molecule has 27 heavy (non-hydrogen) atoms. The summed E-state index contributed by atoms with van der Waals surface area (Å²) in [6, 6.07) is 13.2. The van der Waals surface area contributed by atoms with Gasteiger partial charge in [-0.2, -0.15) is 0 Å². The highest BCUT2D eigenvalue weighted by atomic mass is 32.2. The number of unbranched alkanes of at least 4 members (excludes halogenated alkanes) is 1. The van der Waals surface area contributed by atoms with Crippen molar-refractivity contribution in [2.24, 2.45) is 0 Å². The van der Waals surface area contributed by atoms with Crippen molar-refractivity contribution in [2.45, 2.75) is 26.3 Å². The van der Waals surface area contributed by atoms with Crippen LogP contribution in [-0.4, -0.2) is 26.4 Å². The number of hydrogen-bond acceptors (Lipinski definition) is 4. The predicted molar refractivity (Wildman–Crippen MR) is 112 cm³/mol. The minimum atomic E-state index is -3.31. The fourth-order valence-corrected chi connectivity index (χ4v) is 3.82. The molecule has 0 aliphatic carbocycles. The maximum atomic E-state index is 11.4. The van der Waals surface area contributed by atoms with Crippen LogP contribution in [0.1, 0.15) is 19.8 Å². The lowest BCUT2D eigenvalue weighted by atomic mass is 10.1. The van der Waals surface area contributed by atoms with Gasteiger partial charge in [-0.1, -0.05) is 25.5 Å². The Balaban J connectivity index is 2.13. The number of nitrogens with one attached hydrogen (secondary N) is 1. The molecule has 0 aliphatic heterocycles. The Labute approximate surface area is 160 Å². The van der Waals surface area contributed by atoms with Crippen LogP contribution >= 0.6 is 0 Å². The number of aromatic nitrogens is 1. The molecule has 3 aromatic rings. The van der Waals surface area contributed by atoms with E-state index in [0.717, 1.165) is 53.6 Å². The summed E-state index contributed by atoms with van der Waals surface area (Å²) in [6.07, 6.45) is 3.23. The molecule has 3 rings (SSSR count). The largest absolute Gasteiger partial charge is 0.497 e. The third-order valence-electron chi connectivity index (χ3n) is 4.51. The molecule has 3 N–H and O–H groups in total. The van der Waals surface area contributed by atoms with Crippen molar-refractivity contribution < 1.29 is 13.2 Å². The molecular formula is C20H25N3O3S. The van der Waals surface area contributed by atoms with Crippen molar-refractivity contribution in [3.8, 4) is 17.0 Å². The maximum absolute atomic E-state index is 11.4. The average molecular weight is 388 g/mol. The Bertz CT molecular complexity index is 1050. The Kier molecular flexibility index (Phi) is 5.32. The van der Waals surface area contributed by atoms with Gasteiger partial charge < -0.3 is 15.0 Å². The van der Waals surface area contributed by atoms with Crippen LogP contribution in [0.2, 0.25) is 0 Å². The molecule has 0 aliphatic rings. The van der Waals surface area contributed by atoms with Gasteiger partial charge in [0.25, 0.3) is 0 Å². The monoisotopic (exact) mass is 387 g/mol. The highest BCUT2D eigenvalue weighted by Gasteiger charge is 2.17. The number of sulfonamides is 1. The number of nitrogens with two attached hydrogens (primary N) is 1. The Morgan fingerprint density at radius 3 is 2.44 bits per heavy atom. The first-order valence-electron chi connectivity index (χ1n) is 8.88. The summed E-state index contributed by atoms with van der Waals surface area (Å²) in [5.74, 6) is 0.789. The molecule has 0 saturated carbocycles. The summed E-state index contributed by atoms with van der Waals surface area (Å²) in [5, 5.41) is 0.986. The van der Waals surface area contributed by atoms with Gasteiger partial charge in [0.2, 0.25) is 10.0 Å². The topological polar surface area (TPSA) is 86.4 Å². The second-order valence-corrected chi connectivity index (χ2v) is 8.35. The van der Waals surface area contributed by atoms with E-state index >= 15 is 0 Å². The van der Waals surface area contributed by atoms with Gasteiger partial charge in [0, 0.05) is 29.2 Å². The maximum Gasteiger partial charge on any atom is 0.229 e. The van der Waals surface area contributed by atoms with E-state index in [0.29, 0.717) is 11.4 Å². The van der Waals surface area contributed by atoms with Crippen LogP contribution in [0, 0.1) is 0 Å². The lowest BCUT2D eigenvalue weighted by Crippen LogP contribution is -2.09. The number of methoxy groups -OCH3 is 1. The quantitative estimate of drug-likeness (QED) is 0.640. The van der Waals surface area contributed by atoms with Crippen LogP contribution in [0.4, 0.5) is 11.4 Å². The molecule has 2 aromatic carbocycles. The summed E-state index contributed by atoms with van der Waals surface area (Å²) in [7, 11) is -1.65. The summed E-state index contributed by atoms with van der Waals surface area (Å²) >= 11 is 0. The Morgan fingerprint density at radius 2 is 1.85 bits per heavy atom. The van der Waals surface area contributed by atoms with Gasteiger partial charge >= 0.3 is 0 Å². The summed E-state index contributed by atoms with van der Waals surface area (Å²) in [5.41, 5.74) is 10.7. The SMILES string of the molecule is CCCCn1c(-c2ccc(NS(C)(=O)=O)cc2)c(N)c2ccc(OC)cc21. The Morgan fingerprint density at radius 1 is 1.15 bits per heavy atom. The number of aryl methyl sites for hydroxylation is 1. The van der Waals surface area contributed by atoms with Crippen LogP contribution in [-0.2, 0) is 16.6 Å². The van der Waals surface area contributed by atoms with Gasteiger partial charge in [-0.3, -0.25) is 4.72 Å². The van der Waals surface area contributed by atoms with Crippen LogP contribution in [0.5, 0.6) is 5.75 Å². The smallest absolute Gasteiger partial charge is 0.229 e. The zero-order valence-electron chi connectivity index (χ0n) is 15.8. The molecular weight excluding hydrogens is 362 g/mol. The zero-order valence-corrected chi connectivity index (χ0v) is 16.6. The number of benzene rings is 2. The van der Waals surface area contributed by atoms with Gasteiger partial charge in [0.1, 0.15) is 5.75 Å². The molecule has 0 spiro atoms. The minimum absolute atomic E-state index is 0.526. The van der Waals surface area contributed by atoms with Gasteiger partial charge in [-0.25, -0.2) is 8.42 Å². The van der Waals surface area contributed by atoms with Crippen LogP contribution in [0.25, 0.3) is 22.2 Å². The fraction of sp³-hybridized carbons (Fsp3) is 0.300. The van der Waals surface area contributed by atoms with Crippen molar-refractivity contribution in [2.75, 3.05) is 23.8 Å². The van der Waals surface area contributed by atoms with E-state index in [1.807, 2.05) is 30.3 Å². The molecule has 0 unspecified atom stereocenters. The molecule has 1 heterocycles. The van der Waals surface area contributed by atoms with Crippen molar-refractivity contribution in [1.29, 1.82) is 0 Å². The van der Waals surface area contributed by atoms with Gasteiger partial charge in [0.05, 0.1) is 30.3 Å². The average Bonchev–Trinajstić information content (AvgIpc) is 2.90. The van der Waals surface area contributed by atoms with E-state index in [4.69, 9.17) is 10.5 Å². The number of ether oxygens (including phenoxy) is 1. The third kappa shape index (κ3) is 4.03. The normalized spacial score (nSPS) is 11.7. The zero-order chi connectivity index (χ0) is 19.6. The number of nitrogens with zero attached hydrogens (tertiary/aromatic N) is 1. The molecule has 1 aromatic heterocycles. The van der Waals surface area contributed by atoms with Crippen LogP contribution in [0.15, 0.2) is 42.5 Å². The van der Waals surface area contributed by atoms with Crippen molar-refractivity contribution in [3.05, 3.63) is 42.5 Å². The van der Waals surface area contributed by atoms with E-state index < -0.39 is 10.0 Å². The van der Waals surface area contributed by atoms with Crippen LogP contribution < -0.4 is 15.2 Å². The lowest BCUT2D eigenvalue weighted by Gasteiger charge is -2.12. The lowest BCUT2D eigenvalue weighted by molar-refractivity contribution is 0.415. The molecule has 6 nitrogen and oxygen atoms in total. The number of hydrogen-bond donors (Lipinski definition) is 2. The molecule has 0 bridgehead atoms. The molecule has 144 valence electrons. The van der Waals surface area contributed by atoms with E-state index in [1.54, 1.807) is 19.2 Å². The molecule has 0 saturated heterocycles. The van der Waals surface area contributed by atoms with E-state index in [-0.39, 0.29) is 0 Å². The first-order chi connectivity index (χ1) is 12.8. The van der Waals surface area contributed by atoms with E-state index in [1.165, 1.54) is 0 Å². The summed E-state index contributed by atoms with van der Waals surface area (Å²) < 4.78 is 32.9. The Hall–Kier alpha value is -2.67. The number of nitrogen functional groups attached to an aromatic ring is 1. The van der Waals surface area contributed by atoms with Gasteiger partial charge in [-0.05, 0) is 30.7 Å². The van der Waals surface area contributed by atoms with Crippen LogP contribution in [0.3, 0.4) is 0 Å². The fourth-order valence-electron chi connectivity index (χ4n) is 3.25. The number of fused-ring (bicyclic) bond motifs is 1. The van der Waals surface area contributed by atoms with Crippen molar-refractivity contribution in [1.82, 2.24) is 4.57 Å². The summed E-state index contributed by atoms with van der Waals surface area (Å²) in [4.78, 5) is 0. The van der Waals surface area contributed by atoms with Gasteiger partial charge in [0.15, 0.2) is 0 Å². The first kappa shape index (κ1) is 19.1.